The summed E-state index contributed by atoms with van der Waals surface area (Å²) in [6.07, 6.45) is 1.97. The Kier molecular flexibility index (Phi) is 7.95. The predicted octanol–water partition coefficient (Wildman–Crippen LogP) is 7.04. The van der Waals surface area contributed by atoms with E-state index in [2.05, 4.69) is 48.4 Å². The number of amides is 1. The second-order valence-corrected chi connectivity index (χ2v) is 12.7. The number of nitrogens with one attached hydrogen (secondary N) is 2. The summed E-state index contributed by atoms with van der Waals surface area (Å²) >= 11 is 1.34. The number of allylic oxidation sites excluding steroid dienone is 1. The molecule has 6 aromatic rings. The molecule has 0 fully saturated rings. The SMILES string of the molecule is CCOc1ccc([C@@H]2C(C(=O)Nc3ccccc3)=C(C)N=c3s/c(=C\c4c(-c5ccccc5)[nH]c5c(C)cc(C)cc45)c(=O)n32)cc1. The summed E-state index contributed by atoms with van der Waals surface area (Å²) in [6, 6.07) is 30.7. The lowest BCUT2D eigenvalue weighted by atomic mass is 9.95. The van der Waals surface area contributed by atoms with Gasteiger partial charge in [0.1, 0.15) is 5.75 Å². The molecule has 0 saturated carbocycles. The number of aryl methyl sites for hydroxylation is 2. The second-order valence-electron chi connectivity index (χ2n) is 11.7. The molecule has 47 heavy (non-hydrogen) atoms. The van der Waals surface area contributed by atoms with Crippen LogP contribution >= 0.6 is 11.3 Å². The van der Waals surface area contributed by atoms with Gasteiger partial charge in [0.15, 0.2) is 4.80 Å². The predicted molar refractivity (Wildman–Crippen MR) is 190 cm³/mol. The van der Waals surface area contributed by atoms with Gasteiger partial charge in [-0.25, -0.2) is 4.99 Å². The number of rotatable bonds is 7. The molecule has 2 aromatic heterocycles. The lowest BCUT2D eigenvalue weighted by Gasteiger charge is -2.25. The first-order chi connectivity index (χ1) is 22.8. The van der Waals surface area contributed by atoms with Gasteiger partial charge in [-0.2, -0.15) is 0 Å². The van der Waals surface area contributed by atoms with Crippen LogP contribution in [0.1, 0.15) is 42.1 Å². The van der Waals surface area contributed by atoms with Gasteiger partial charge in [0.2, 0.25) is 0 Å². The van der Waals surface area contributed by atoms with Crippen LogP contribution < -0.4 is 24.9 Å². The Labute approximate surface area is 276 Å². The van der Waals surface area contributed by atoms with Crippen LogP contribution in [-0.4, -0.2) is 22.1 Å². The molecule has 1 amide bonds. The van der Waals surface area contributed by atoms with Crippen LogP contribution in [0.15, 0.2) is 118 Å². The molecule has 7 rings (SSSR count). The molecule has 1 aliphatic heterocycles. The number of H-pyrrole nitrogens is 1. The molecule has 0 aliphatic carbocycles. The number of ether oxygens (including phenoxy) is 1. The molecule has 1 aliphatic rings. The summed E-state index contributed by atoms with van der Waals surface area (Å²) in [4.78, 5) is 37.5. The zero-order valence-electron chi connectivity index (χ0n) is 26.6. The summed E-state index contributed by atoms with van der Waals surface area (Å²) in [5.41, 5.74) is 8.47. The fourth-order valence-corrected chi connectivity index (χ4v) is 7.37. The number of fused-ring (bicyclic) bond motifs is 2. The van der Waals surface area contributed by atoms with Crippen LogP contribution in [0.4, 0.5) is 5.69 Å². The number of aromatic nitrogens is 2. The quantitative estimate of drug-likeness (QED) is 0.197. The first kappa shape index (κ1) is 30.2. The highest BCUT2D eigenvalue weighted by Gasteiger charge is 2.32. The monoisotopic (exact) mass is 638 g/mol. The minimum atomic E-state index is -0.686. The molecule has 8 heteroatoms. The number of thiazole rings is 1. The normalized spacial score (nSPS) is 14.6. The third-order valence-electron chi connectivity index (χ3n) is 8.43. The molecular weight excluding hydrogens is 605 g/mol. The van der Waals surface area contributed by atoms with Crippen LogP contribution in [0.2, 0.25) is 0 Å². The number of hydrogen-bond acceptors (Lipinski definition) is 5. The molecule has 3 heterocycles. The van der Waals surface area contributed by atoms with Crippen molar-refractivity contribution in [1.29, 1.82) is 0 Å². The smallest absolute Gasteiger partial charge is 0.271 e. The molecule has 0 unspecified atom stereocenters. The third-order valence-corrected chi connectivity index (χ3v) is 9.42. The zero-order chi connectivity index (χ0) is 32.7. The van der Waals surface area contributed by atoms with E-state index in [-0.39, 0.29) is 11.5 Å². The van der Waals surface area contributed by atoms with Gasteiger partial charge in [0, 0.05) is 22.2 Å². The molecule has 0 spiro atoms. The average molecular weight is 639 g/mol. The van der Waals surface area contributed by atoms with Crippen molar-refractivity contribution in [3.8, 4) is 17.0 Å². The topological polar surface area (TPSA) is 88.5 Å². The lowest BCUT2D eigenvalue weighted by molar-refractivity contribution is -0.113. The fraction of sp³-hybridized carbons (Fsp3) is 0.154. The zero-order valence-corrected chi connectivity index (χ0v) is 27.4. The van der Waals surface area contributed by atoms with Gasteiger partial charge in [0.05, 0.1) is 34.1 Å². The van der Waals surface area contributed by atoms with Crippen molar-refractivity contribution in [2.24, 2.45) is 4.99 Å². The number of para-hydroxylation sites is 1. The van der Waals surface area contributed by atoms with Gasteiger partial charge in [0.25, 0.3) is 11.5 Å². The summed E-state index contributed by atoms with van der Waals surface area (Å²) < 4.78 is 7.89. The van der Waals surface area contributed by atoms with Crippen molar-refractivity contribution in [3.05, 3.63) is 150 Å². The number of carbonyl (C=O) groups is 1. The van der Waals surface area contributed by atoms with E-state index in [1.165, 1.54) is 11.3 Å². The average Bonchev–Trinajstić information content (AvgIpc) is 3.58. The van der Waals surface area contributed by atoms with Crippen LogP contribution in [0.25, 0.3) is 28.2 Å². The van der Waals surface area contributed by atoms with Crippen molar-refractivity contribution < 1.29 is 9.53 Å². The minimum absolute atomic E-state index is 0.206. The van der Waals surface area contributed by atoms with E-state index in [1.54, 1.807) is 4.57 Å². The van der Waals surface area contributed by atoms with Crippen molar-refractivity contribution in [1.82, 2.24) is 9.55 Å². The summed E-state index contributed by atoms with van der Waals surface area (Å²) in [5, 5.41) is 4.07. The van der Waals surface area contributed by atoms with Crippen molar-refractivity contribution >= 4 is 39.9 Å². The number of nitrogens with zero attached hydrogens (tertiary/aromatic N) is 2. The number of benzene rings is 4. The molecule has 7 nitrogen and oxygen atoms in total. The van der Waals surface area contributed by atoms with Crippen molar-refractivity contribution in [2.45, 2.75) is 33.7 Å². The van der Waals surface area contributed by atoms with Crippen LogP contribution in [-0.2, 0) is 4.79 Å². The Morgan fingerprint density at radius 1 is 0.979 bits per heavy atom. The molecule has 0 radical (unpaired) electrons. The maximum Gasteiger partial charge on any atom is 0.271 e. The first-order valence-electron chi connectivity index (χ1n) is 15.6. The maximum absolute atomic E-state index is 14.5. The number of hydrogen-bond donors (Lipinski definition) is 2. The number of carbonyl (C=O) groups excluding carboxylic acids is 1. The number of aromatic amines is 1. The second kappa shape index (κ2) is 12.4. The molecular formula is C39H34N4O3S. The van der Waals surface area contributed by atoms with Gasteiger partial charge >= 0.3 is 0 Å². The first-order valence-corrected chi connectivity index (χ1v) is 16.4. The van der Waals surface area contributed by atoms with Crippen molar-refractivity contribution in [3.63, 3.8) is 0 Å². The highest BCUT2D eigenvalue weighted by atomic mass is 32.1. The van der Waals surface area contributed by atoms with E-state index >= 15 is 0 Å². The maximum atomic E-state index is 14.5. The molecule has 0 bridgehead atoms. The summed E-state index contributed by atoms with van der Waals surface area (Å²) in [5.74, 6) is 0.414. The molecule has 4 aromatic carbocycles. The van der Waals surface area contributed by atoms with E-state index in [1.807, 2.05) is 92.7 Å². The Hall–Kier alpha value is -5.47. The number of anilines is 1. The Bertz CT molecular complexity index is 2350. The highest BCUT2D eigenvalue weighted by molar-refractivity contribution is 7.07. The lowest BCUT2D eigenvalue weighted by Crippen LogP contribution is -2.40. The van der Waals surface area contributed by atoms with E-state index < -0.39 is 6.04 Å². The summed E-state index contributed by atoms with van der Waals surface area (Å²) in [6.45, 7) is 8.48. The summed E-state index contributed by atoms with van der Waals surface area (Å²) in [7, 11) is 0. The van der Waals surface area contributed by atoms with Gasteiger partial charge < -0.3 is 15.0 Å². The molecule has 1 atom stereocenters. The van der Waals surface area contributed by atoms with Crippen molar-refractivity contribution in [2.75, 3.05) is 11.9 Å². The van der Waals surface area contributed by atoms with E-state index in [4.69, 9.17) is 9.73 Å². The van der Waals surface area contributed by atoms with Crippen LogP contribution in [0.3, 0.4) is 0 Å². The van der Waals surface area contributed by atoms with E-state index in [0.29, 0.717) is 32.9 Å². The fourth-order valence-electron chi connectivity index (χ4n) is 6.35. The van der Waals surface area contributed by atoms with Crippen LogP contribution in [0.5, 0.6) is 5.75 Å². The largest absolute Gasteiger partial charge is 0.494 e. The van der Waals surface area contributed by atoms with Gasteiger partial charge in [-0.1, -0.05) is 83.6 Å². The Balaban J connectivity index is 1.44. The molecule has 0 saturated heterocycles. The molecule has 2 N–H and O–H groups in total. The van der Waals surface area contributed by atoms with Crippen LogP contribution in [0, 0.1) is 13.8 Å². The van der Waals surface area contributed by atoms with E-state index in [9.17, 15) is 9.59 Å². The highest BCUT2D eigenvalue weighted by Crippen LogP contribution is 2.34. The Morgan fingerprint density at radius 3 is 2.38 bits per heavy atom. The van der Waals surface area contributed by atoms with Gasteiger partial charge in [-0.3, -0.25) is 14.2 Å². The standard InChI is InChI=1S/C39H34N4O3S/c1-5-46-29-18-16-27(17-19-29)36-33(37(44)41-28-14-10-7-11-15-28)25(4)40-39-43(36)38(45)32(47-39)22-31-30-21-23(2)20-24(3)34(30)42-35(31)26-12-8-6-9-13-26/h6-22,36,42H,5H2,1-4H3,(H,41,44)/b32-22-/t36-/m1/s1. The van der Waals surface area contributed by atoms with E-state index in [0.717, 1.165) is 50.2 Å². The Morgan fingerprint density at radius 2 is 1.68 bits per heavy atom. The van der Waals surface area contributed by atoms with Gasteiger partial charge in [-0.05, 0) is 80.8 Å². The molecule has 234 valence electrons. The third kappa shape index (κ3) is 5.61. The van der Waals surface area contributed by atoms with Gasteiger partial charge in [-0.15, -0.1) is 0 Å². The minimum Gasteiger partial charge on any atom is -0.494 e.